The number of nitrogens with two attached hydrogens (primary N) is 1. The number of imidazole rings is 1. The van der Waals surface area contributed by atoms with E-state index < -0.39 is 0 Å². The van der Waals surface area contributed by atoms with E-state index in [0.29, 0.717) is 5.92 Å². The van der Waals surface area contributed by atoms with Gasteiger partial charge in [0.05, 0.1) is 11.0 Å². The van der Waals surface area contributed by atoms with Crippen LogP contribution in [-0.4, -0.2) is 16.5 Å². The summed E-state index contributed by atoms with van der Waals surface area (Å²) in [6.45, 7) is 2.95. The number of nitrogens with zero attached hydrogens (tertiary/aromatic N) is 1. The maximum Gasteiger partial charge on any atom is 0.125 e. The summed E-state index contributed by atoms with van der Waals surface area (Å²) in [4.78, 5) is 7.69. The van der Waals surface area contributed by atoms with E-state index in [0.717, 1.165) is 42.7 Å². The summed E-state index contributed by atoms with van der Waals surface area (Å²) >= 11 is 0. The number of rotatable bonds is 7. The second kappa shape index (κ2) is 6.66. The largest absolute Gasteiger partial charge is 0.342 e. The molecule has 0 saturated heterocycles. The van der Waals surface area contributed by atoms with Crippen molar-refractivity contribution in [2.45, 2.75) is 39.0 Å². The minimum Gasteiger partial charge on any atom is -0.342 e. The van der Waals surface area contributed by atoms with Crippen LogP contribution >= 0.6 is 0 Å². The lowest BCUT2D eigenvalue weighted by atomic mass is 9.94. The lowest BCUT2D eigenvalue weighted by Crippen LogP contribution is -2.10. The maximum atomic E-state index is 13.1. The van der Waals surface area contributed by atoms with Crippen LogP contribution in [0.15, 0.2) is 18.2 Å². The summed E-state index contributed by atoms with van der Waals surface area (Å²) in [5, 5.41) is 0. The second-order valence-electron chi connectivity index (χ2n) is 5.12. The predicted molar refractivity (Wildman–Crippen MR) is 76.4 cm³/mol. The molecule has 3 N–H and O–H groups in total. The van der Waals surface area contributed by atoms with Crippen molar-refractivity contribution in [1.82, 2.24) is 9.97 Å². The van der Waals surface area contributed by atoms with Gasteiger partial charge in [-0.3, -0.25) is 0 Å². The molecule has 0 fully saturated rings. The van der Waals surface area contributed by atoms with Gasteiger partial charge in [0.25, 0.3) is 0 Å². The first-order valence-corrected chi connectivity index (χ1v) is 7.07. The Labute approximate surface area is 113 Å². The Morgan fingerprint density at radius 1 is 1.32 bits per heavy atom. The number of H-pyrrole nitrogens is 1. The van der Waals surface area contributed by atoms with Crippen molar-refractivity contribution in [1.29, 1.82) is 0 Å². The molecule has 0 spiro atoms. The molecule has 1 aromatic carbocycles. The van der Waals surface area contributed by atoms with Crippen LogP contribution in [0.3, 0.4) is 0 Å². The third kappa shape index (κ3) is 3.77. The van der Waals surface area contributed by atoms with E-state index in [4.69, 9.17) is 5.73 Å². The first-order chi connectivity index (χ1) is 9.22. The zero-order chi connectivity index (χ0) is 13.7. The highest BCUT2D eigenvalue weighted by molar-refractivity contribution is 5.74. The van der Waals surface area contributed by atoms with E-state index in [1.165, 1.54) is 25.0 Å². The fourth-order valence-electron chi connectivity index (χ4n) is 2.57. The van der Waals surface area contributed by atoms with Gasteiger partial charge in [0, 0.05) is 6.42 Å². The van der Waals surface area contributed by atoms with E-state index in [2.05, 4.69) is 16.9 Å². The first-order valence-electron chi connectivity index (χ1n) is 7.07. The average molecular weight is 263 g/mol. The van der Waals surface area contributed by atoms with Crippen LogP contribution in [0.4, 0.5) is 4.39 Å². The molecule has 0 aliphatic carbocycles. The summed E-state index contributed by atoms with van der Waals surface area (Å²) in [6.07, 6.45) is 5.47. The molecule has 1 aromatic heterocycles. The van der Waals surface area contributed by atoms with Crippen molar-refractivity contribution in [2.75, 3.05) is 6.54 Å². The number of benzene rings is 1. The third-order valence-corrected chi connectivity index (χ3v) is 3.55. The average Bonchev–Trinajstić information content (AvgIpc) is 2.78. The van der Waals surface area contributed by atoms with Crippen LogP contribution in [0.1, 0.15) is 38.4 Å². The smallest absolute Gasteiger partial charge is 0.125 e. The zero-order valence-corrected chi connectivity index (χ0v) is 11.5. The van der Waals surface area contributed by atoms with Crippen molar-refractivity contribution in [3.63, 3.8) is 0 Å². The molecular formula is C15H22FN3. The summed E-state index contributed by atoms with van der Waals surface area (Å²) in [5.74, 6) is 1.38. The minimum atomic E-state index is -0.227. The Bertz CT molecular complexity index is 515. The monoisotopic (exact) mass is 263 g/mol. The standard InChI is InChI=1S/C15H22FN3/c1-2-3-11(8-9-17)4-7-15-18-13-6-5-12(16)10-14(13)19-15/h5-6,10-11H,2-4,7-9,17H2,1H3,(H,18,19). The topological polar surface area (TPSA) is 54.7 Å². The molecule has 0 saturated carbocycles. The number of aromatic amines is 1. The molecule has 1 atom stereocenters. The van der Waals surface area contributed by atoms with Crippen LogP contribution in [0.5, 0.6) is 0 Å². The van der Waals surface area contributed by atoms with Gasteiger partial charge in [0.2, 0.25) is 0 Å². The third-order valence-electron chi connectivity index (χ3n) is 3.55. The van der Waals surface area contributed by atoms with Crippen LogP contribution < -0.4 is 5.73 Å². The molecular weight excluding hydrogens is 241 g/mol. The molecule has 0 amide bonds. The van der Waals surface area contributed by atoms with Gasteiger partial charge in [-0.1, -0.05) is 19.8 Å². The van der Waals surface area contributed by atoms with E-state index in [-0.39, 0.29) is 5.82 Å². The van der Waals surface area contributed by atoms with Gasteiger partial charge in [-0.2, -0.15) is 0 Å². The number of hydrogen-bond acceptors (Lipinski definition) is 2. The van der Waals surface area contributed by atoms with Crippen LogP contribution in [0.25, 0.3) is 11.0 Å². The van der Waals surface area contributed by atoms with E-state index in [1.54, 1.807) is 6.07 Å². The quantitative estimate of drug-likeness (QED) is 0.804. The molecule has 0 aliphatic rings. The van der Waals surface area contributed by atoms with Gasteiger partial charge in [-0.25, -0.2) is 9.37 Å². The Balaban J connectivity index is 2.00. The molecule has 19 heavy (non-hydrogen) atoms. The molecule has 0 aliphatic heterocycles. The molecule has 0 radical (unpaired) electrons. The van der Waals surface area contributed by atoms with Gasteiger partial charge >= 0.3 is 0 Å². The van der Waals surface area contributed by atoms with Gasteiger partial charge in [0.1, 0.15) is 11.6 Å². The van der Waals surface area contributed by atoms with Crippen molar-refractivity contribution in [3.8, 4) is 0 Å². The normalized spacial score (nSPS) is 13.0. The van der Waals surface area contributed by atoms with Crippen molar-refractivity contribution in [3.05, 3.63) is 29.8 Å². The predicted octanol–water partition coefficient (Wildman–Crippen LogP) is 3.40. The highest BCUT2D eigenvalue weighted by atomic mass is 19.1. The number of nitrogens with one attached hydrogen (secondary N) is 1. The Morgan fingerprint density at radius 3 is 2.89 bits per heavy atom. The van der Waals surface area contributed by atoms with Crippen molar-refractivity contribution >= 4 is 11.0 Å². The van der Waals surface area contributed by atoms with E-state index >= 15 is 0 Å². The summed E-state index contributed by atoms with van der Waals surface area (Å²) in [5.41, 5.74) is 7.26. The highest BCUT2D eigenvalue weighted by Gasteiger charge is 2.09. The van der Waals surface area contributed by atoms with Gasteiger partial charge in [-0.15, -0.1) is 0 Å². The molecule has 1 unspecified atom stereocenters. The lowest BCUT2D eigenvalue weighted by Gasteiger charge is -2.13. The van der Waals surface area contributed by atoms with Crippen molar-refractivity contribution < 1.29 is 4.39 Å². The minimum absolute atomic E-state index is 0.227. The number of hydrogen-bond donors (Lipinski definition) is 2. The van der Waals surface area contributed by atoms with Crippen LogP contribution in [0, 0.1) is 11.7 Å². The van der Waals surface area contributed by atoms with Crippen LogP contribution in [0.2, 0.25) is 0 Å². The Morgan fingerprint density at radius 2 is 2.16 bits per heavy atom. The number of aromatic nitrogens is 2. The second-order valence-corrected chi connectivity index (χ2v) is 5.12. The summed E-state index contributed by atoms with van der Waals surface area (Å²) in [6, 6.07) is 4.66. The van der Waals surface area contributed by atoms with E-state index in [1.807, 2.05) is 0 Å². The van der Waals surface area contributed by atoms with Gasteiger partial charge in [0.15, 0.2) is 0 Å². The van der Waals surface area contributed by atoms with E-state index in [9.17, 15) is 4.39 Å². The van der Waals surface area contributed by atoms with Gasteiger partial charge < -0.3 is 10.7 Å². The fourth-order valence-corrected chi connectivity index (χ4v) is 2.57. The fraction of sp³-hybridized carbons (Fsp3) is 0.533. The van der Waals surface area contributed by atoms with Gasteiger partial charge in [-0.05, 0) is 43.5 Å². The first kappa shape index (κ1) is 14.0. The van der Waals surface area contributed by atoms with Crippen molar-refractivity contribution in [2.24, 2.45) is 11.7 Å². The zero-order valence-electron chi connectivity index (χ0n) is 11.5. The maximum absolute atomic E-state index is 13.1. The number of aryl methyl sites for hydroxylation is 1. The Kier molecular flexibility index (Phi) is 4.91. The number of halogens is 1. The molecule has 1 heterocycles. The molecule has 2 rings (SSSR count). The molecule has 104 valence electrons. The molecule has 0 bridgehead atoms. The lowest BCUT2D eigenvalue weighted by molar-refractivity contribution is 0.418. The molecule has 4 heteroatoms. The molecule has 3 nitrogen and oxygen atoms in total. The van der Waals surface area contributed by atoms with Crippen LogP contribution in [-0.2, 0) is 6.42 Å². The summed E-state index contributed by atoms with van der Waals surface area (Å²) in [7, 11) is 0. The SMILES string of the molecule is CCCC(CCN)CCc1nc2ccc(F)cc2[nH]1. The number of fused-ring (bicyclic) bond motifs is 1. The highest BCUT2D eigenvalue weighted by Crippen LogP contribution is 2.19. The molecule has 2 aromatic rings. The Hall–Kier alpha value is -1.42. The summed E-state index contributed by atoms with van der Waals surface area (Å²) < 4.78 is 13.1.